The van der Waals surface area contributed by atoms with Gasteiger partial charge in [0.15, 0.2) is 0 Å². The first-order chi connectivity index (χ1) is 8.24. The second kappa shape index (κ2) is 6.74. The van der Waals surface area contributed by atoms with Crippen LogP contribution in [0.25, 0.3) is 0 Å². The van der Waals surface area contributed by atoms with E-state index in [9.17, 15) is 0 Å². The molecular weight excluding hydrogens is 300 g/mol. The van der Waals surface area contributed by atoms with E-state index in [0.29, 0.717) is 0 Å². The van der Waals surface area contributed by atoms with Crippen LogP contribution in [0.2, 0.25) is 5.02 Å². The highest BCUT2D eigenvalue weighted by atomic mass is 79.9. The van der Waals surface area contributed by atoms with Gasteiger partial charge in [-0.2, -0.15) is 0 Å². The maximum Gasteiger partial charge on any atom is 0.0420 e. The van der Waals surface area contributed by atoms with Crippen molar-refractivity contribution in [3.63, 3.8) is 0 Å². The smallest absolute Gasteiger partial charge is 0.0420 e. The fraction of sp³-hybridized carbons (Fsp3) is 0.538. The summed E-state index contributed by atoms with van der Waals surface area (Å²) in [5.41, 5.74) is 1.22. The molecule has 0 amide bonds. The second-order valence-corrected chi connectivity index (χ2v) is 5.89. The summed E-state index contributed by atoms with van der Waals surface area (Å²) in [6, 6.07) is 6.83. The molecule has 0 spiro atoms. The third kappa shape index (κ3) is 5.38. The minimum Gasteiger partial charge on any atom is -0.314 e. The van der Waals surface area contributed by atoms with Crippen molar-refractivity contribution in [3.05, 3.63) is 33.3 Å². The molecular formula is C13H18BrClN2. The van der Waals surface area contributed by atoms with Crippen molar-refractivity contribution in [2.45, 2.75) is 31.8 Å². The summed E-state index contributed by atoms with van der Waals surface area (Å²) < 4.78 is 1.04. The molecule has 94 valence electrons. The number of rotatable bonds is 7. The molecule has 0 saturated heterocycles. The molecule has 0 aromatic heterocycles. The van der Waals surface area contributed by atoms with Gasteiger partial charge in [-0.05, 0) is 56.1 Å². The van der Waals surface area contributed by atoms with Gasteiger partial charge in [-0.15, -0.1) is 0 Å². The minimum atomic E-state index is 0.784. The summed E-state index contributed by atoms with van der Waals surface area (Å²) in [4.78, 5) is 0. The van der Waals surface area contributed by atoms with Gasteiger partial charge in [-0.1, -0.05) is 27.5 Å². The Labute approximate surface area is 116 Å². The summed E-state index contributed by atoms with van der Waals surface area (Å²) >= 11 is 9.43. The summed E-state index contributed by atoms with van der Waals surface area (Å²) in [6.07, 6.45) is 3.91. The third-order valence-electron chi connectivity index (χ3n) is 2.79. The molecule has 2 nitrogen and oxygen atoms in total. The fourth-order valence-electron chi connectivity index (χ4n) is 1.75. The van der Waals surface area contributed by atoms with E-state index in [1.807, 2.05) is 12.1 Å². The first kappa shape index (κ1) is 13.3. The molecule has 1 aromatic carbocycles. The van der Waals surface area contributed by atoms with Gasteiger partial charge in [0.1, 0.15) is 0 Å². The van der Waals surface area contributed by atoms with Crippen molar-refractivity contribution in [2.75, 3.05) is 13.1 Å². The average molecular weight is 318 g/mol. The molecule has 1 aromatic rings. The zero-order valence-corrected chi connectivity index (χ0v) is 12.1. The Balaban J connectivity index is 1.59. The number of benzene rings is 1. The summed E-state index contributed by atoms with van der Waals surface area (Å²) in [6.45, 7) is 3.04. The van der Waals surface area contributed by atoms with E-state index in [0.717, 1.165) is 35.2 Å². The summed E-state index contributed by atoms with van der Waals surface area (Å²) in [5, 5.41) is 7.72. The Morgan fingerprint density at radius 3 is 2.76 bits per heavy atom. The van der Waals surface area contributed by atoms with Crippen molar-refractivity contribution < 1.29 is 0 Å². The summed E-state index contributed by atoms with van der Waals surface area (Å²) in [5.74, 6) is 0. The van der Waals surface area contributed by atoms with Crippen LogP contribution in [0.4, 0.5) is 0 Å². The monoisotopic (exact) mass is 316 g/mol. The molecule has 1 aliphatic rings. The molecule has 1 fully saturated rings. The van der Waals surface area contributed by atoms with E-state index in [1.54, 1.807) is 0 Å². The Bertz CT molecular complexity index is 346. The van der Waals surface area contributed by atoms with E-state index in [2.05, 4.69) is 32.6 Å². The Kier molecular flexibility index (Phi) is 5.29. The lowest BCUT2D eigenvalue weighted by Gasteiger charge is -2.06. The highest BCUT2D eigenvalue weighted by Gasteiger charge is 2.19. The third-order valence-corrected chi connectivity index (χ3v) is 3.47. The van der Waals surface area contributed by atoms with Gasteiger partial charge in [0.05, 0.1) is 0 Å². The van der Waals surface area contributed by atoms with Crippen molar-refractivity contribution in [2.24, 2.45) is 0 Å². The molecule has 2 rings (SSSR count). The summed E-state index contributed by atoms with van der Waals surface area (Å²) in [7, 11) is 0. The van der Waals surface area contributed by atoms with Crippen LogP contribution in [-0.2, 0) is 6.54 Å². The minimum absolute atomic E-state index is 0.784. The van der Waals surface area contributed by atoms with Crippen LogP contribution in [0.3, 0.4) is 0 Å². The quantitative estimate of drug-likeness (QED) is 0.754. The maximum atomic E-state index is 5.99. The average Bonchev–Trinajstić information content (AvgIpc) is 3.05. The predicted octanol–water partition coefficient (Wildman–Crippen LogP) is 3.33. The molecule has 0 radical (unpaired) electrons. The topological polar surface area (TPSA) is 24.1 Å². The van der Waals surface area contributed by atoms with Crippen LogP contribution in [0, 0.1) is 0 Å². The number of hydrogen-bond donors (Lipinski definition) is 2. The van der Waals surface area contributed by atoms with Crippen LogP contribution in [0.1, 0.15) is 24.8 Å². The zero-order chi connectivity index (χ0) is 12.1. The molecule has 17 heavy (non-hydrogen) atoms. The standard InChI is InChI=1S/C13H18BrClN2/c14-11-6-10(7-12(15)8-11)9-16-4-1-5-17-13-2-3-13/h6-8,13,16-17H,1-5,9H2. The van der Waals surface area contributed by atoms with Crippen molar-refractivity contribution >= 4 is 27.5 Å². The van der Waals surface area contributed by atoms with Gasteiger partial charge < -0.3 is 10.6 Å². The predicted molar refractivity (Wildman–Crippen MR) is 76.5 cm³/mol. The maximum absolute atomic E-state index is 5.99. The number of nitrogens with one attached hydrogen (secondary N) is 2. The lowest BCUT2D eigenvalue weighted by Crippen LogP contribution is -2.23. The van der Waals surface area contributed by atoms with E-state index < -0.39 is 0 Å². The van der Waals surface area contributed by atoms with E-state index in [-0.39, 0.29) is 0 Å². The van der Waals surface area contributed by atoms with E-state index >= 15 is 0 Å². The van der Waals surface area contributed by atoms with Gasteiger partial charge in [0, 0.05) is 22.1 Å². The van der Waals surface area contributed by atoms with Gasteiger partial charge in [-0.25, -0.2) is 0 Å². The van der Waals surface area contributed by atoms with Gasteiger partial charge in [-0.3, -0.25) is 0 Å². The van der Waals surface area contributed by atoms with Crippen molar-refractivity contribution in [3.8, 4) is 0 Å². The lowest BCUT2D eigenvalue weighted by atomic mass is 10.2. The molecule has 0 atom stereocenters. The molecule has 2 N–H and O–H groups in total. The first-order valence-electron chi connectivity index (χ1n) is 6.13. The molecule has 0 bridgehead atoms. The Hall–Kier alpha value is -0.0900. The van der Waals surface area contributed by atoms with Gasteiger partial charge >= 0.3 is 0 Å². The number of hydrogen-bond acceptors (Lipinski definition) is 2. The molecule has 0 heterocycles. The highest BCUT2D eigenvalue weighted by Crippen LogP contribution is 2.19. The first-order valence-corrected chi connectivity index (χ1v) is 7.30. The highest BCUT2D eigenvalue weighted by molar-refractivity contribution is 9.10. The fourth-order valence-corrected chi connectivity index (χ4v) is 2.68. The SMILES string of the molecule is Clc1cc(Br)cc(CNCCCNC2CC2)c1. The Morgan fingerprint density at radius 2 is 2.06 bits per heavy atom. The van der Waals surface area contributed by atoms with E-state index in [4.69, 9.17) is 11.6 Å². The molecule has 0 aliphatic heterocycles. The molecule has 0 unspecified atom stereocenters. The normalized spacial score (nSPS) is 15.2. The molecule has 1 aliphatic carbocycles. The Morgan fingerprint density at radius 1 is 1.24 bits per heavy atom. The van der Waals surface area contributed by atoms with Gasteiger partial charge in [0.25, 0.3) is 0 Å². The van der Waals surface area contributed by atoms with Crippen LogP contribution in [0.15, 0.2) is 22.7 Å². The van der Waals surface area contributed by atoms with Crippen LogP contribution in [0.5, 0.6) is 0 Å². The largest absolute Gasteiger partial charge is 0.314 e. The van der Waals surface area contributed by atoms with Crippen LogP contribution >= 0.6 is 27.5 Å². The van der Waals surface area contributed by atoms with Crippen molar-refractivity contribution in [1.82, 2.24) is 10.6 Å². The van der Waals surface area contributed by atoms with Crippen LogP contribution in [-0.4, -0.2) is 19.1 Å². The number of halogens is 2. The van der Waals surface area contributed by atoms with E-state index in [1.165, 1.54) is 24.8 Å². The van der Waals surface area contributed by atoms with Gasteiger partial charge in [0.2, 0.25) is 0 Å². The lowest BCUT2D eigenvalue weighted by molar-refractivity contribution is 0.593. The molecule has 4 heteroatoms. The zero-order valence-electron chi connectivity index (χ0n) is 9.81. The second-order valence-electron chi connectivity index (χ2n) is 4.54. The van der Waals surface area contributed by atoms with Crippen LogP contribution < -0.4 is 10.6 Å². The molecule has 1 saturated carbocycles. The van der Waals surface area contributed by atoms with Crippen molar-refractivity contribution in [1.29, 1.82) is 0 Å².